The second kappa shape index (κ2) is 10.1. The quantitative estimate of drug-likeness (QED) is 0.447. The average molecular weight is 471 g/mol. The van der Waals surface area contributed by atoms with Gasteiger partial charge in [-0.1, -0.05) is 63.6 Å². The highest BCUT2D eigenvalue weighted by Crippen LogP contribution is 2.31. The van der Waals surface area contributed by atoms with E-state index in [1.54, 1.807) is 0 Å². The van der Waals surface area contributed by atoms with Crippen LogP contribution in [0.3, 0.4) is 0 Å². The van der Waals surface area contributed by atoms with E-state index in [4.69, 9.17) is 0 Å². The number of rotatable bonds is 8. The predicted octanol–water partition coefficient (Wildman–Crippen LogP) is 5.62. The fourth-order valence-electron chi connectivity index (χ4n) is 4.57. The second-order valence-corrected chi connectivity index (χ2v) is 9.31. The van der Waals surface area contributed by atoms with E-state index in [-0.39, 0.29) is 17.7 Å². The number of hydrogen-bond donors (Lipinski definition) is 2. The highest BCUT2D eigenvalue weighted by atomic mass is 16.4. The summed E-state index contributed by atoms with van der Waals surface area (Å²) in [5, 5.41) is 12.5. The molecule has 0 bridgehead atoms. The molecule has 0 aliphatic carbocycles. The van der Waals surface area contributed by atoms with Crippen LogP contribution in [0.5, 0.6) is 0 Å². The topological polar surface area (TPSA) is 86.7 Å². The minimum absolute atomic E-state index is 0.165. The van der Waals surface area contributed by atoms with Gasteiger partial charge in [-0.3, -0.25) is 9.59 Å². The van der Waals surface area contributed by atoms with E-state index in [0.29, 0.717) is 23.4 Å². The molecule has 35 heavy (non-hydrogen) atoms. The molecular weight excluding hydrogens is 440 g/mol. The first-order chi connectivity index (χ1) is 16.8. The fraction of sp³-hybridized carbons (Fsp3) is 0.276. The molecule has 2 N–H and O–H groups in total. The summed E-state index contributed by atoms with van der Waals surface area (Å²) in [7, 11) is 0. The molecule has 4 rings (SSSR count). The lowest BCUT2D eigenvalue weighted by molar-refractivity contribution is -0.144. The van der Waals surface area contributed by atoms with Gasteiger partial charge in [0, 0.05) is 23.4 Å². The molecule has 1 aliphatic heterocycles. The van der Waals surface area contributed by atoms with Crippen LogP contribution >= 0.6 is 0 Å². The Bertz CT molecular complexity index is 1250. The molecule has 3 aromatic carbocycles. The Hall–Kier alpha value is -3.93. The van der Waals surface area contributed by atoms with Gasteiger partial charge >= 0.3 is 5.97 Å². The molecule has 0 spiro atoms. The zero-order valence-electron chi connectivity index (χ0n) is 20.2. The number of carboxylic acids is 1. The Labute approximate surface area is 205 Å². The number of carbonyl (C=O) groups is 3. The Kier molecular flexibility index (Phi) is 7.01. The summed E-state index contributed by atoms with van der Waals surface area (Å²) >= 11 is 0. The molecule has 1 heterocycles. The Balaban J connectivity index is 1.48. The summed E-state index contributed by atoms with van der Waals surface area (Å²) in [5.74, 6) is -1.60. The molecule has 1 aliphatic rings. The predicted molar refractivity (Wildman–Crippen MR) is 136 cm³/mol. The normalized spacial score (nSPS) is 13.6. The van der Waals surface area contributed by atoms with Crippen LogP contribution in [0.2, 0.25) is 0 Å². The molecule has 0 saturated carbocycles. The number of nitrogens with zero attached hydrogens (tertiary/aromatic N) is 1. The molecule has 0 fully saturated rings. The molecule has 6 nitrogen and oxygen atoms in total. The summed E-state index contributed by atoms with van der Waals surface area (Å²) in [6, 6.07) is 19.9. The minimum Gasteiger partial charge on any atom is -0.480 e. The highest BCUT2D eigenvalue weighted by Gasteiger charge is 2.38. The van der Waals surface area contributed by atoms with Gasteiger partial charge < -0.3 is 15.3 Å². The van der Waals surface area contributed by atoms with Crippen LogP contribution in [-0.4, -0.2) is 33.8 Å². The zero-order chi connectivity index (χ0) is 25.1. The van der Waals surface area contributed by atoms with Crippen molar-refractivity contribution in [3.8, 4) is 11.1 Å². The smallest absolute Gasteiger partial charge is 0.326 e. The molecule has 1 atom stereocenters. The van der Waals surface area contributed by atoms with Gasteiger partial charge in [-0.2, -0.15) is 0 Å². The molecule has 0 saturated heterocycles. The second-order valence-electron chi connectivity index (χ2n) is 9.31. The van der Waals surface area contributed by atoms with E-state index < -0.39 is 12.0 Å². The summed E-state index contributed by atoms with van der Waals surface area (Å²) < 4.78 is 0. The molecule has 0 aromatic heterocycles. The van der Waals surface area contributed by atoms with Crippen molar-refractivity contribution < 1.29 is 19.5 Å². The van der Waals surface area contributed by atoms with Gasteiger partial charge in [-0.25, -0.2) is 4.79 Å². The van der Waals surface area contributed by atoms with Crippen molar-refractivity contribution in [1.82, 2.24) is 4.90 Å². The largest absolute Gasteiger partial charge is 0.480 e. The lowest BCUT2D eigenvalue weighted by atomic mass is 10.00. The monoisotopic (exact) mass is 470 g/mol. The molecule has 6 heteroatoms. The minimum atomic E-state index is -0.990. The molecular formula is C29H30N2O4. The number of carbonyl (C=O) groups excluding carboxylic acids is 2. The van der Waals surface area contributed by atoms with Crippen LogP contribution in [0.25, 0.3) is 11.1 Å². The number of fused-ring (bicyclic) bond motifs is 1. The first kappa shape index (κ1) is 24.2. The van der Waals surface area contributed by atoms with Crippen molar-refractivity contribution in [3.05, 3.63) is 89.0 Å². The third-order valence-corrected chi connectivity index (χ3v) is 6.39. The average Bonchev–Trinajstić information content (AvgIpc) is 3.15. The van der Waals surface area contributed by atoms with E-state index in [9.17, 15) is 19.5 Å². The van der Waals surface area contributed by atoms with Gasteiger partial charge in [-0.05, 0) is 64.9 Å². The number of nitrogens with one attached hydrogen (secondary N) is 1. The highest BCUT2D eigenvalue weighted by molar-refractivity contribution is 6.04. The first-order valence-corrected chi connectivity index (χ1v) is 12.0. The summed E-state index contributed by atoms with van der Waals surface area (Å²) in [6.45, 7) is 6.04. The van der Waals surface area contributed by atoms with E-state index in [1.165, 1.54) is 10.5 Å². The Morgan fingerprint density at radius 1 is 0.971 bits per heavy atom. The van der Waals surface area contributed by atoms with E-state index >= 15 is 0 Å². The van der Waals surface area contributed by atoms with Crippen molar-refractivity contribution in [2.75, 3.05) is 5.32 Å². The fourth-order valence-corrected chi connectivity index (χ4v) is 4.57. The lowest BCUT2D eigenvalue weighted by Gasteiger charge is -2.27. The molecule has 3 aromatic rings. The van der Waals surface area contributed by atoms with Gasteiger partial charge in [-0.15, -0.1) is 0 Å². The van der Waals surface area contributed by atoms with Gasteiger partial charge in [0.1, 0.15) is 6.04 Å². The van der Waals surface area contributed by atoms with Crippen LogP contribution in [0.15, 0.2) is 66.7 Å². The maximum Gasteiger partial charge on any atom is 0.326 e. The van der Waals surface area contributed by atoms with Crippen molar-refractivity contribution in [1.29, 1.82) is 0 Å². The SMILES string of the molecule is CCCc1ccc(C(=O)Nc2ccc(-c3ccc4c(c3)C(=O)N(C(C(=O)O)C(C)C)C4)cc2)cc1. The number of benzene rings is 3. The number of aryl methyl sites for hydroxylation is 1. The third-order valence-electron chi connectivity index (χ3n) is 6.39. The number of carboxylic acid groups (broad SMARTS) is 1. The molecule has 0 radical (unpaired) electrons. The van der Waals surface area contributed by atoms with Crippen molar-refractivity contribution in [3.63, 3.8) is 0 Å². The standard InChI is InChI=1S/C29H30N2O4/c1-4-5-19-6-8-21(9-7-19)27(32)30-24-14-12-20(13-15-24)22-10-11-23-17-31(28(33)25(23)16-22)26(18(2)3)29(34)35/h6-16,18,26H,4-5,17H2,1-3H3,(H,30,32)(H,34,35). The van der Waals surface area contributed by atoms with Gasteiger partial charge in [0.15, 0.2) is 0 Å². The number of hydrogen-bond acceptors (Lipinski definition) is 3. The Morgan fingerprint density at radius 3 is 2.23 bits per heavy atom. The van der Waals surface area contributed by atoms with Gasteiger partial charge in [0.25, 0.3) is 11.8 Å². The van der Waals surface area contributed by atoms with Crippen LogP contribution in [0, 0.1) is 5.92 Å². The summed E-state index contributed by atoms with van der Waals surface area (Å²) in [5.41, 5.74) is 5.64. The third kappa shape index (κ3) is 5.11. The molecule has 180 valence electrons. The summed E-state index contributed by atoms with van der Waals surface area (Å²) in [4.78, 5) is 38.8. The number of anilines is 1. The van der Waals surface area contributed by atoms with Crippen LogP contribution in [0.1, 0.15) is 59.0 Å². The van der Waals surface area contributed by atoms with E-state index in [1.807, 2.05) is 80.6 Å². The van der Waals surface area contributed by atoms with Gasteiger partial charge in [0.2, 0.25) is 0 Å². The lowest BCUT2D eigenvalue weighted by Crippen LogP contribution is -2.44. The molecule has 1 unspecified atom stereocenters. The number of amides is 2. The van der Waals surface area contributed by atoms with Crippen LogP contribution in [0.4, 0.5) is 5.69 Å². The van der Waals surface area contributed by atoms with E-state index in [0.717, 1.165) is 29.5 Å². The van der Waals surface area contributed by atoms with Crippen molar-refractivity contribution in [2.24, 2.45) is 5.92 Å². The maximum absolute atomic E-state index is 13.0. The Morgan fingerprint density at radius 2 is 1.63 bits per heavy atom. The first-order valence-electron chi connectivity index (χ1n) is 12.0. The van der Waals surface area contributed by atoms with Crippen LogP contribution < -0.4 is 5.32 Å². The van der Waals surface area contributed by atoms with Crippen molar-refractivity contribution in [2.45, 2.75) is 46.2 Å². The maximum atomic E-state index is 13.0. The molecule has 2 amide bonds. The van der Waals surface area contributed by atoms with Crippen molar-refractivity contribution >= 4 is 23.5 Å². The number of aliphatic carboxylic acids is 1. The summed E-state index contributed by atoms with van der Waals surface area (Å²) in [6.07, 6.45) is 2.06. The van der Waals surface area contributed by atoms with Crippen LogP contribution in [-0.2, 0) is 17.8 Å². The van der Waals surface area contributed by atoms with E-state index in [2.05, 4.69) is 12.2 Å². The zero-order valence-corrected chi connectivity index (χ0v) is 20.2. The van der Waals surface area contributed by atoms with Gasteiger partial charge in [0.05, 0.1) is 0 Å².